The molecule has 4 heteroatoms. The van der Waals surface area contributed by atoms with E-state index in [0.717, 1.165) is 0 Å². The molecule has 1 aromatic heterocycles. The van der Waals surface area contributed by atoms with Crippen LogP contribution in [-0.2, 0) is 0 Å². The summed E-state index contributed by atoms with van der Waals surface area (Å²) in [6, 6.07) is 5.86. The van der Waals surface area contributed by atoms with Gasteiger partial charge in [0.25, 0.3) is 0 Å². The molecule has 0 fully saturated rings. The molecule has 0 saturated heterocycles. The third-order valence-corrected chi connectivity index (χ3v) is 2.24. The molecule has 1 heterocycles. The number of nitrogens with zero attached hydrogens (tertiary/aromatic N) is 1. The van der Waals surface area contributed by atoms with Crippen LogP contribution in [0.2, 0.25) is 10.2 Å². The number of hydrogen-bond donors (Lipinski definition) is 0. The molecule has 66 valence electrons. The number of fused-ring (bicyclic) bond motifs is 1. The Labute approximate surface area is 84.1 Å². The maximum atomic E-state index is 13.2. The minimum Gasteiger partial charge on any atom is -0.234 e. The van der Waals surface area contributed by atoms with Gasteiger partial charge in [0.1, 0.15) is 11.0 Å². The van der Waals surface area contributed by atoms with Crippen molar-refractivity contribution in [2.45, 2.75) is 0 Å². The largest absolute Gasteiger partial charge is 0.234 e. The Balaban J connectivity index is 2.92. The van der Waals surface area contributed by atoms with Crippen LogP contribution < -0.4 is 0 Å². The van der Waals surface area contributed by atoms with Crippen molar-refractivity contribution in [1.29, 1.82) is 0 Å². The van der Waals surface area contributed by atoms with E-state index < -0.39 is 0 Å². The molecule has 0 amide bonds. The lowest BCUT2D eigenvalue weighted by Gasteiger charge is -2.00. The van der Waals surface area contributed by atoms with Gasteiger partial charge in [-0.1, -0.05) is 23.2 Å². The van der Waals surface area contributed by atoms with E-state index in [1.54, 1.807) is 6.07 Å². The van der Waals surface area contributed by atoms with Crippen LogP contribution in [-0.4, -0.2) is 4.98 Å². The second-order valence-corrected chi connectivity index (χ2v) is 3.35. The second-order valence-electron chi connectivity index (χ2n) is 2.56. The Morgan fingerprint density at radius 2 is 1.85 bits per heavy atom. The van der Waals surface area contributed by atoms with Crippen molar-refractivity contribution in [3.63, 3.8) is 0 Å². The third kappa shape index (κ3) is 1.47. The summed E-state index contributed by atoms with van der Waals surface area (Å²) in [6.45, 7) is 0. The average molecular weight is 216 g/mol. The first-order valence-electron chi connectivity index (χ1n) is 3.59. The average Bonchev–Trinajstić information content (AvgIpc) is 2.12. The summed E-state index contributed by atoms with van der Waals surface area (Å²) in [5, 5.41) is 1.09. The van der Waals surface area contributed by atoms with Crippen LogP contribution in [0, 0.1) is 5.82 Å². The van der Waals surface area contributed by atoms with Gasteiger partial charge < -0.3 is 0 Å². The smallest absolute Gasteiger partial charge is 0.132 e. The van der Waals surface area contributed by atoms with Gasteiger partial charge in [-0.2, -0.15) is 0 Å². The highest BCUT2D eigenvalue weighted by Crippen LogP contribution is 2.25. The zero-order chi connectivity index (χ0) is 9.42. The van der Waals surface area contributed by atoms with Gasteiger partial charge in [-0.3, -0.25) is 0 Å². The summed E-state index contributed by atoms with van der Waals surface area (Å²) in [6.07, 6.45) is 0. The summed E-state index contributed by atoms with van der Waals surface area (Å²) >= 11 is 11.5. The fourth-order valence-electron chi connectivity index (χ4n) is 1.13. The number of aromatic nitrogens is 1. The van der Waals surface area contributed by atoms with E-state index in [-0.39, 0.29) is 5.82 Å². The molecular weight excluding hydrogens is 212 g/mol. The number of pyridine rings is 1. The summed E-state index contributed by atoms with van der Waals surface area (Å²) in [7, 11) is 0. The fraction of sp³-hybridized carbons (Fsp3) is 0. The minimum atomic E-state index is -0.344. The van der Waals surface area contributed by atoms with Crippen LogP contribution in [0.25, 0.3) is 10.9 Å². The number of rotatable bonds is 0. The number of hydrogen-bond acceptors (Lipinski definition) is 1. The van der Waals surface area contributed by atoms with Crippen LogP contribution in [0.5, 0.6) is 0 Å². The Morgan fingerprint density at radius 1 is 1.08 bits per heavy atom. The van der Waals surface area contributed by atoms with Gasteiger partial charge >= 0.3 is 0 Å². The summed E-state index contributed by atoms with van der Waals surface area (Å²) < 4.78 is 13.2. The van der Waals surface area contributed by atoms with E-state index in [1.165, 1.54) is 18.2 Å². The van der Waals surface area contributed by atoms with Crippen molar-refractivity contribution in [1.82, 2.24) is 4.98 Å². The summed E-state index contributed by atoms with van der Waals surface area (Å²) in [5.74, 6) is -0.344. The molecule has 0 unspecified atom stereocenters. The second kappa shape index (κ2) is 3.13. The first kappa shape index (κ1) is 8.73. The van der Waals surface area contributed by atoms with Gasteiger partial charge in [0.05, 0.1) is 10.5 Å². The fourth-order valence-corrected chi connectivity index (χ4v) is 1.48. The first-order chi connectivity index (χ1) is 6.18. The molecule has 0 aliphatic carbocycles. The molecule has 0 aliphatic heterocycles. The van der Waals surface area contributed by atoms with E-state index in [9.17, 15) is 4.39 Å². The molecular formula is C9H4Cl2FN. The van der Waals surface area contributed by atoms with Crippen LogP contribution in [0.15, 0.2) is 24.3 Å². The molecule has 0 atom stereocenters. The Morgan fingerprint density at radius 3 is 2.62 bits per heavy atom. The zero-order valence-corrected chi connectivity index (χ0v) is 7.90. The normalized spacial score (nSPS) is 10.7. The molecule has 0 saturated carbocycles. The van der Waals surface area contributed by atoms with E-state index in [4.69, 9.17) is 23.2 Å². The van der Waals surface area contributed by atoms with Gasteiger partial charge in [0, 0.05) is 5.39 Å². The van der Waals surface area contributed by atoms with Crippen molar-refractivity contribution in [2.24, 2.45) is 0 Å². The SMILES string of the molecule is Fc1ccc(Cl)c2nc(Cl)ccc12. The van der Waals surface area contributed by atoms with E-state index in [0.29, 0.717) is 21.1 Å². The summed E-state index contributed by atoms with van der Waals surface area (Å²) in [4.78, 5) is 3.93. The quantitative estimate of drug-likeness (QED) is 0.612. The Hall–Kier alpha value is -0.860. The molecule has 0 aliphatic rings. The Kier molecular flexibility index (Phi) is 2.10. The van der Waals surface area contributed by atoms with Crippen LogP contribution >= 0.6 is 23.2 Å². The third-order valence-electron chi connectivity index (χ3n) is 1.72. The maximum absolute atomic E-state index is 13.2. The maximum Gasteiger partial charge on any atom is 0.132 e. The molecule has 13 heavy (non-hydrogen) atoms. The van der Waals surface area contributed by atoms with Crippen molar-refractivity contribution in [3.05, 3.63) is 40.3 Å². The molecule has 1 aromatic carbocycles. The molecule has 1 nitrogen and oxygen atoms in total. The minimum absolute atomic E-state index is 0.306. The lowest BCUT2D eigenvalue weighted by Crippen LogP contribution is -1.84. The summed E-state index contributed by atoms with van der Waals surface area (Å²) in [5.41, 5.74) is 0.397. The van der Waals surface area contributed by atoms with Crippen LogP contribution in [0.4, 0.5) is 4.39 Å². The molecule has 2 rings (SSSR count). The Bertz CT molecular complexity index is 470. The van der Waals surface area contributed by atoms with E-state index in [1.807, 2.05) is 0 Å². The predicted octanol–water partition coefficient (Wildman–Crippen LogP) is 3.68. The van der Waals surface area contributed by atoms with E-state index in [2.05, 4.69) is 4.98 Å². The molecule has 0 bridgehead atoms. The molecule has 0 spiro atoms. The number of halogens is 3. The highest BCUT2D eigenvalue weighted by molar-refractivity contribution is 6.35. The van der Waals surface area contributed by atoms with Crippen LogP contribution in [0.3, 0.4) is 0 Å². The van der Waals surface area contributed by atoms with Gasteiger partial charge in [-0.25, -0.2) is 9.37 Å². The lowest BCUT2D eigenvalue weighted by molar-refractivity contribution is 0.639. The van der Waals surface area contributed by atoms with Gasteiger partial charge in [0.15, 0.2) is 0 Å². The predicted molar refractivity (Wildman–Crippen MR) is 51.7 cm³/mol. The topological polar surface area (TPSA) is 12.9 Å². The van der Waals surface area contributed by atoms with Gasteiger partial charge in [0.2, 0.25) is 0 Å². The monoisotopic (exact) mass is 215 g/mol. The van der Waals surface area contributed by atoms with Gasteiger partial charge in [-0.15, -0.1) is 0 Å². The van der Waals surface area contributed by atoms with E-state index >= 15 is 0 Å². The standard InChI is InChI=1S/C9H4Cl2FN/c10-6-2-3-7(12)5-1-4-8(11)13-9(5)6/h1-4H. The van der Waals surface area contributed by atoms with Crippen molar-refractivity contribution in [2.75, 3.05) is 0 Å². The molecule has 0 radical (unpaired) electrons. The van der Waals surface area contributed by atoms with Gasteiger partial charge in [-0.05, 0) is 24.3 Å². The highest BCUT2D eigenvalue weighted by Gasteiger charge is 2.05. The van der Waals surface area contributed by atoms with Crippen molar-refractivity contribution in [3.8, 4) is 0 Å². The van der Waals surface area contributed by atoms with Crippen molar-refractivity contribution < 1.29 is 4.39 Å². The van der Waals surface area contributed by atoms with Crippen LogP contribution in [0.1, 0.15) is 0 Å². The molecule has 0 N–H and O–H groups in total. The molecule has 2 aromatic rings. The zero-order valence-electron chi connectivity index (χ0n) is 6.39. The van der Waals surface area contributed by atoms with Crippen molar-refractivity contribution >= 4 is 34.1 Å². The highest BCUT2D eigenvalue weighted by atomic mass is 35.5. The lowest BCUT2D eigenvalue weighted by atomic mass is 10.2. The first-order valence-corrected chi connectivity index (χ1v) is 4.34. The number of benzene rings is 1.